The average molecular weight is 452 g/mol. The second-order valence-corrected chi connectivity index (χ2v) is 8.75. The first-order valence-electron chi connectivity index (χ1n) is 10.8. The van der Waals surface area contributed by atoms with Gasteiger partial charge in [0.25, 0.3) is 6.17 Å². The molecule has 4 rings (SSSR count). The molecule has 1 aliphatic heterocycles. The third-order valence-corrected chi connectivity index (χ3v) is 6.43. The molecule has 0 saturated carbocycles. The first kappa shape index (κ1) is 22.1. The second kappa shape index (κ2) is 9.56. The molecule has 0 saturated heterocycles. The molecule has 0 spiro atoms. The van der Waals surface area contributed by atoms with Gasteiger partial charge in [-0.25, -0.2) is 4.90 Å². The number of aromatic amines is 1. The average Bonchev–Trinajstić information content (AvgIpc) is 2.80. The van der Waals surface area contributed by atoms with Crippen molar-refractivity contribution in [3.63, 3.8) is 0 Å². The standard InChI is InChI=1S/C24H26N4O3S/c1-4-5-8-14-32-24-25-22(30)21-19-12-6-7-13-20(19)27(16(2)29)23(28(21)26-24)17-10-9-11-18(15-17)31-3/h6-7,9-13,15,23H,4-5,8,14H2,1-3H3/p+1/t23-/m0/s1. The maximum absolute atomic E-state index is 13.3. The summed E-state index contributed by atoms with van der Waals surface area (Å²) in [7, 11) is 1.60. The lowest BCUT2D eigenvalue weighted by atomic mass is 10.0. The fourth-order valence-electron chi connectivity index (χ4n) is 4.00. The largest absolute Gasteiger partial charge is 0.497 e. The Morgan fingerprint density at radius 2 is 2.03 bits per heavy atom. The molecular weight excluding hydrogens is 424 g/mol. The highest BCUT2D eigenvalue weighted by Crippen LogP contribution is 2.37. The number of fused-ring (bicyclic) bond motifs is 3. The van der Waals surface area contributed by atoms with E-state index < -0.39 is 6.17 Å². The van der Waals surface area contributed by atoms with Gasteiger partial charge in [0.1, 0.15) is 5.75 Å². The van der Waals surface area contributed by atoms with E-state index >= 15 is 0 Å². The van der Waals surface area contributed by atoms with Crippen LogP contribution in [0.1, 0.15) is 44.8 Å². The summed E-state index contributed by atoms with van der Waals surface area (Å²) in [5, 5.41) is 5.35. The number of para-hydroxylation sites is 1. The summed E-state index contributed by atoms with van der Waals surface area (Å²) in [6, 6.07) is 15.0. The fourth-order valence-corrected chi connectivity index (χ4v) is 4.85. The molecule has 0 unspecified atom stereocenters. The van der Waals surface area contributed by atoms with Gasteiger partial charge in [0.2, 0.25) is 11.1 Å². The van der Waals surface area contributed by atoms with E-state index in [1.54, 1.807) is 16.7 Å². The smallest absolute Gasteiger partial charge is 0.325 e. The summed E-state index contributed by atoms with van der Waals surface area (Å²) in [6.07, 6.45) is 2.71. The van der Waals surface area contributed by atoms with Crippen molar-refractivity contribution >= 4 is 23.4 Å². The number of H-pyrrole nitrogens is 1. The number of amides is 1. The van der Waals surface area contributed by atoms with E-state index in [1.165, 1.54) is 18.7 Å². The van der Waals surface area contributed by atoms with Gasteiger partial charge in [0, 0.05) is 23.3 Å². The van der Waals surface area contributed by atoms with Crippen molar-refractivity contribution in [1.82, 2.24) is 10.1 Å². The number of ether oxygens (including phenoxy) is 1. The van der Waals surface area contributed by atoms with E-state index in [9.17, 15) is 9.59 Å². The Labute approximate surface area is 191 Å². The molecule has 8 heteroatoms. The number of nitrogens with one attached hydrogen (secondary N) is 1. The molecule has 1 N–H and O–H groups in total. The highest BCUT2D eigenvalue weighted by molar-refractivity contribution is 7.99. The van der Waals surface area contributed by atoms with Crippen molar-refractivity contribution in [3.8, 4) is 17.0 Å². The number of aromatic nitrogens is 3. The molecule has 0 aliphatic carbocycles. The number of benzene rings is 2. The SMILES string of the molecule is CCCCCSc1n[n+]2c(c(=O)[nH]1)-c1ccccc1N(C(C)=O)[C@@H]2c1cccc(OC)c1. The van der Waals surface area contributed by atoms with Gasteiger partial charge in [0.15, 0.2) is 0 Å². The zero-order chi connectivity index (χ0) is 22.7. The number of methoxy groups -OCH3 is 1. The predicted octanol–water partition coefficient (Wildman–Crippen LogP) is 3.93. The molecule has 2 heterocycles. The quantitative estimate of drug-likeness (QED) is 0.335. The summed E-state index contributed by atoms with van der Waals surface area (Å²) < 4.78 is 7.10. The van der Waals surface area contributed by atoms with Crippen LogP contribution in [0, 0.1) is 0 Å². The predicted molar refractivity (Wildman–Crippen MR) is 125 cm³/mol. The van der Waals surface area contributed by atoms with Gasteiger partial charge in [-0.1, -0.05) is 49.7 Å². The summed E-state index contributed by atoms with van der Waals surface area (Å²) in [5.41, 5.74) is 2.38. The summed E-state index contributed by atoms with van der Waals surface area (Å²) in [5.74, 6) is 1.40. The van der Waals surface area contributed by atoms with Crippen molar-refractivity contribution in [2.45, 2.75) is 44.4 Å². The molecule has 1 amide bonds. The molecule has 1 aliphatic rings. The monoisotopic (exact) mass is 451 g/mol. The molecule has 0 fully saturated rings. The van der Waals surface area contributed by atoms with Crippen molar-refractivity contribution in [2.24, 2.45) is 0 Å². The molecule has 1 aromatic heterocycles. The summed E-state index contributed by atoms with van der Waals surface area (Å²) in [6.45, 7) is 3.69. The number of nitrogens with zero attached hydrogens (tertiary/aromatic N) is 3. The maximum atomic E-state index is 13.3. The minimum atomic E-state index is -0.607. The lowest BCUT2D eigenvalue weighted by molar-refractivity contribution is -0.763. The molecule has 7 nitrogen and oxygen atoms in total. The highest BCUT2D eigenvalue weighted by Gasteiger charge is 2.44. The van der Waals surface area contributed by atoms with E-state index in [4.69, 9.17) is 9.84 Å². The minimum absolute atomic E-state index is 0.136. The zero-order valence-corrected chi connectivity index (χ0v) is 19.3. The Morgan fingerprint density at radius 1 is 1.22 bits per heavy atom. The molecule has 3 aromatic rings. The first-order chi connectivity index (χ1) is 15.5. The molecular formula is C24H27N4O3S+. The van der Waals surface area contributed by atoms with Gasteiger partial charge in [-0.2, -0.15) is 0 Å². The Kier molecular flexibility index (Phi) is 6.60. The second-order valence-electron chi connectivity index (χ2n) is 7.66. The third-order valence-electron chi connectivity index (χ3n) is 5.48. The van der Waals surface area contributed by atoms with Crippen LogP contribution >= 0.6 is 11.8 Å². The number of hydrogen-bond acceptors (Lipinski definition) is 5. The molecule has 0 bridgehead atoms. The topological polar surface area (TPSA) is 79.2 Å². The van der Waals surface area contributed by atoms with Crippen LogP contribution in [0.5, 0.6) is 5.75 Å². The van der Waals surface area contributed by atoms with Gasteiger partial charge >= 0.3 is 11.3 Å². The number of thioether (sulfide) groups is 1. The van der Waals surface area contributed by atoms with Crippen LogP contribution in [0.25, 0.3) is 11.3 Å². The van der Waals surface area contributed by atoms with Crippen molar-refractivity contribution in [2.75, 3.05) is 17.8 Å². The number of rotatable bonds is 7. The Balaban J connectivity index is 1.92. The van der Waals surface area contributed by atoms with E-state index in [-0.39, 0.29) is 11.5 Å². The fraction of sp³-hybridized carbons (Fsp3) is 0.333. The van der Waals surface area contributed by atoms with Gasteiger partial charge in [-0.3, -0.25) is 14.6 Å². The molecule has 0 radical (unpaired) electrons. The summed E-state index contributed by atoms with van der Waals surface area (Å²) >= 11 is 1.53. The molecule has 166 valence electrons. The van der Waals surface area contributed by atoms with Crippen LogP contribution in [0.3, 0.4) is 0 Å². The Morgan fingerprint density at radius 3 is 2.78 bits per heavy atom. The minimum Gasteiger partial charge on any atom is -0.497 e. The van der Waals surface area contributed by atoms with E-state index in [0.717, 1.165) is 30.6 Å². The van der Waals surface area contributed by atoms with Gasteiger partial charge in [0.05, 0.1) is 18.4 Å². The van der Waals surface area contributed by atoms with Crippen molar-refractivity contribution < 1.29 is 14.2 Å². The zero-order valence-electron chi connectivity index (χ0n) is 18.5. The van der Waals surface area contributed by atoms with Crippen LogP contribution in [0.2, 0.25) is 0 Å². The first-order valence-corrected chi connectivity index (χ1v) is 11.8. The molecule has 2 aromatic carbocycles. The van der Waals surface area contributed by atoms with Crippen molar-refractivity contribution in [1.29, 1.82) is 0 Å². The lowest BCUT2D eigenvalue weighted by Crippen LogP contribution is -2.60. The van der Waals surface area contributed by atoms with Gasteiger partial charge in [-0.15, -0.1) is 0 Å². The van der Waals surface area contributed by atoms with Gasteiger partial charge < -0.3 is 4.74 Å². The number of hydrogen-bond donors (Lipinski definition) is 1. The number of carbonyl (C=O) groups excluding carboxylic acids is 1. The Bertz CT molecular complexity index is 1190. The highest BCUT2D eigenvalue weighted by atomic mass is 32.2. The normalized spacial score (nSPS) is 14.6. The van der Waals surface area contributed by atoms with Crippen LogP contribution in [-0.4, -0.2) is 28.9 Å². The van der Waals surface area contributed by atoms with Crippen LogP contribution < -0.4 is 19.9 Å². The lowest BCUT2D eigenvalue weighted by Gasteiger charge is -2.31. The van der Waals surface area contributed by atoms with Crippen molar-refractivity contribution in [3.05, 3.63) is 64.4 Å². The molecule has 32 heavy (non-hydrogen) atoms. The van der Waals surface area contributed by atoms with Crippen LogP contribution in [-0.2, 0) is 4.79 Å². The maximum Gasteiger partial charge on any atom is 0.325 e. The number of carbonyl (C=O) groups is 1. The number of anilines is 1. The molecule has 1 atom stereocenters. The van der Waals surface area contributed by atoms with Crippen LogP contribution in [0.15, 0.2) is 58.5 Å². The van der Waals surface area contributed by atoms with Crippen LogP contribution in [0.4, 0.5) is 5.69 Å². The Hall–Kier alpha value is -3.13. The van der Waals surface area contributed by atoms with E-state index in [1.807, 2.05) is 48.5 Å². The van der Waals surface area contributed by atoms with E-state index in [0.29, 0.717) is 27.9 Å². The van der Waals surface area contributed by atoms with E-state index in [2.05, 4.69) is 11.9 Å². The third kappa shape index (κ3) is 4.14. The van der Waals surface area contributed by atoms with Gasteiger partial charge in [-0.05, 0) is 41.4 Å². The number of unbranched alkanes of at least 4 members (excludes halogenated alkanes) is 2. The summed E-state index contributed by atoms with van der Waals surface area (Å²) in [4.78, 5) is 30.8.